The molecule has 0 saturated carbocycles. The Kier molecular flexibility index (Phi) is 5.01. The van der Waals surface area contributed by atoms with Crippen molar-refractivity contribution in [3.63, 3.8) is 0 Å². The second-order valence-electron chi connectivity index (χ2n) is 5.80. The van der Waals surface area contributed by atoms with Gasteiger partial charge in [-0.1, -0.05) is 32.0 Å². The summed E-state index contributed by atoms with van der Waals surface area (Å²) >= 11 is 0. The van der Waals surface area contributed by atoms with Gasteiger partial charge in [-0.2, -0.15) is 0 Å². The Balaban J connectivity index is 2.10. The summed E-state index contributed by atoms with van der Waals surface area (Å²) in [5.41, 5.74) is 0.171. The maximum Gasteiger partial charge on any atom is 0.241 e. The first-order valence-corrected chi connectivity index (χ1v) is 8.63. The highest BCUT2D eigenvalue weighted by Crippen LogP contribution is 2.26. The molecule has 0 aliphatic heterocycles. The highest BCUT2D eigenvalue weighted by Gasteiger charge is 2.23. The average Bonchev–Trinajstić information content (AvgIpc) is 2.53. The van der Waals surface area contributed by atoms with Gasteiger partial charge in [-0.25, -0.2) is 22.5 Å². The first kappa shape index (κ1) is 17.4. The summed E-state index contributed by atoms with van der Waals surface area (Å²) in [7, 11) is -2.15. The summed E-state index contributed by atoms with van der Waals surface area (Å²) < 4.78 is 39.4. The van der Waals surface area contributed by atoms with Crippen LogP contribution in [0.5, 0.6) is 0 Å². The minimum atomic E-state index is -3.50. The Morgan fingerprint density at radius 2 is 1.87 bits per heavy atom. The van der Waals surface area contributed by atoms with Gasteiger partial charge in [-0.15, -0.1) is 0 Å². The third kappa shape index (κ3) is 4.05. The summed E-state index contributed by atoms with van der Waals surface area (Å²) in [6, 6.07) is 9.71. The number of rotatable bonds is 6. The van der Waals surface area contributed by atoms with Gasteiger partial charge in [-0.3, -0.25) is 0 Å². The molecule has 1 heterocycles. The molecule has 0 radical (unpaired) electrons. The van der Waals surface area contributed by atoms with Gasteiger partial charge in [0.05, 0.1) is 0 Å². The van der Waals surface area contributed by atoms with E-state index in [1.807, 2.05) is 13.8 Å². The van der Waals surface area contributed by atoms with Crippen LogP contribution in [0.1, 0.15) is 19.4 Å². The molecule has 1 aromatic heterocycles. The largest absolute Gasteiger partial charge is 0.369 e. The van der Waals surface area contributed by atoms with Gasteiger partial charge in [-0.05, 0) is 30.8 Å². The van der Waals surface area contributed by atoms with Crippen LogP contribution in [-0.2, 0) is 15.4 Å². The zero-order valence-corrected chi connectivity index (χ0v) is 14.1. The quantitative estimate of drug-likeness (QED) is 0.850. The van der Waals surface area contributed by atoms with Crippen molar-refractivity contribution in [2.75, 3.05) is 18.9 Å². The van der Waals surface area contributed by atoms with E-state index in [1.54, 1.807) is 24.3 Å². The molecule has 7 heteroatoms. The molecule has 2 N–H and O–H groups in total. The van der Waals surface area contributed by atoms with Gasteiger partial charge in [0, 0.05) is 18.2 Å². The molecule has 5 nitrogen and oxygen atoms in total. The second kappa shape index (κ2) is 6.64. The van der Waals surface area contributed by atoms with E-state index in [2.05, 4.69) is 15.0 Å². The van der Waals surface area contributed by atoms with E-state index < -0.39 is 15.4 Å². The number of nitrogens with zero attached hydrogens (tertiary/aromatic N) is 1. The highest BCUT2D eigenvalue weighted by molar-refractivity contribution is 7.89. The van der Waals surface area contributed by atoms with Gasteiger partial charge in [0.2, 0.25) is 10.0 Å². The molecule has 2 aromatic rings. The molecule has 0 bridgehead atoms. The molecular weight excluding hydrogens is 317 g/mol. The molecule has 0 atom stereocenters. The molecule has 0 aliphatic carbocycles. The van der Waals surface area contributed by atoms with Crippen LogP contribution >= 0.6 is 0 Å². The first-order valence-electron chi connectivity index (χ1n) is 7.15. The van der Waals surface area contributed by atoms with Crippen molar-refractivity contribution in [1.29, 1.82) is 0 Å². The van der Waals surface area contributed by atoms with E-state index >= 15 is 0 Å². The molecule has 0 unspecified atom stereocenters. The lowest BCUT2D eigenvalue weighted by molar-refractivity contribution is 0.504. The van der Waals surface area contributed by atoms with Crippen molar-refractivity contribution in [3.8, 4) is 0 Å². The van der Waals surface area contributed by atoms with Crippen LogP contribution in [0.2, 0.25) is 0 Å². The molecule has 0 saturated heterocycles. The van der Waals surface area contributed by atoms with Gasteiger partial charge >= 0.3 is 0 Å². The molecule has 124 valence electrons. The molecular formula is C16H20FN3O2S. The fourth-order valence-corrected chi connectivity index (χ4v) is 2.85. The number of halogens is 1. The summed E-state index contributed by atoms with van der Waals surface area (Å²) in [5, 5.41) is 3.11. The minimum absolute atomic E-state index is 0.0962. The predicted octanol–water partition coefficient (Wildman–Crippen LogP) is 2.52. The number of anilines is 1. The van der Waals surface area contributed by atoms with Crippen molar-refractivity contribution in [3.05, 3.63) is 54.0 Å². The van der Waals surface area contributed by atoms with Crippen molar-refractivity contribution in [1.82, 2.24) is 9.71 Å². The SMILES string of the molecule is CNS(=O)(=O)c1ccc(NCC(C)(C)c2ccccc2F)nc1. The van der Waals surface area contributed by atoms with Crippen LogP contribution < -0.4 is 10.0 Å². The maximum absolute atomic E-state index is 13.9. The first-order chi connectivity index (χ1) is 10.8. The Morgan fingerprint density at radius 3 is 2.43 bits per heavy atom. The molecule has 0 fully saturated rings. The monoisotopic (exact) mass is 337 g/mol. The lowest BCUT2D eigenvalue weighted by Crippen LogP contribution is -2.29. The predicted molar refractivity (Wildman–Crippen MR) is 88.4 cm³/mol. The lowest BCUT2D eigenvalue weighted by atomic mass is 9.84. The summed E-state index contributed by atoms with van der Waals surface area (Å²) in [4.78, 5) is 4.18. The Labute approximate surface area is 136 Å². The molecule has 2 rings (SSSR count). The zero-order chi connectivity index (χ0) is 17.1. The van der Waals surface area contributed by atoms with E-state index in [1.165, 1.54) is 25.4 Å². The third-order valence-electron chi connectivity index (χ3n) is 3.63. The van der Waals surface area contributed by atoms with Crippen LogP contribution in [0.25, 0.3) is 0 Å². The van der Waals surface area contributed by atoms with E-state index in [9.17, 15) is 12.8 Å². The van der Waals surface area contributed by atoms with Crippen molar-refractivity contribution in [2.45, 2.75) is 24.2 Å². The number of benzene rings is 1. The molecule has 0 spiro atoms. The molecule has 23 heavy (non-hydrogen) atoms. The number of sulfonamides is 1. The van der Waals surface area contributed by atoms with Crippen LogP contribution in [0.3, 0.4) is 0 Å². The second-order valence-corrected chi connectivity index (χ2v) is 7.69. The van der Waals surface area contributed by atoms with Crippen LogP contribution in [0.4, 0.5) is 10.2 Å². The Morgan fingerprint density at radius 1 is 1.17 bits per heavy atom. The normalized spacial score (nSPS) is 12.2. The maximum atomic E-state index is 13.9. The lowest BCUT2D eigenvalue weighted by Gasteiger charge is -2.26. The van der Waals surface area contributed by atoms with E-state index in [0.29, 0.717) is 17.9 Å². The number of pyridine rings is 1. The highest BCUT2D eigenvalue weighted by atomic mass is 32.2. The van der Waals surface area contributed by atoms with Gasteiger partial charge < -0.3 is 5.32 Å². The Bertz CT molecular complexity index is 774. The van der Waals surface area contributed by atoms with Crippen LogP contribution in [-0.4, -0.2) is 27.0 Å². The Hall–Kier alpha value is -1.99. The number of aromatic nitrogens is 1. The number of hydrogen-bond donors (Lipinski definition) is 2. The number of nitrogens with one attached hydrogen (secondary N) is 2. The van der Waals surface area contributed by atoms with Crippen LogP contribution in [0, 0.1) is 5.82 Å². The average molecular weight is 337 g/mol. The van der Waals surface area contributed by atoms with Crippen molar-refractivity contribution in [2.24, 2.45) is 0 Å². The summed E-state index contributed by atoms with van der Waals surface area (Å²) in [6.07, 6.45) is 1.28. The van der Waals surface area contributed by atoms with Gasteiger partial charge in [0.1, 0.15) is 16.5 Å². The molecule has 1 aromatic carbocycles. The minimum Gasteiger partial charge on any atom is -0.369 e. The van der Waals surface area contributed by atoms with Gasteiger partial charge in [0.25, 0.3) is 0 Å². The van der Waals surface area contributed by atoms with Gasteiger partial charge in [0.15, 0.2) is 0 Å². The van der Waals surface area contributed by atoms with Crippen molar-refractivity contribution >= 4 is 15.8 Å². The standard InChI is InChI=1S/C16H20FN3O2S/c1-16(2,13-6-4-5-7-14(13)17)11-20-15-9-8-12(10-19-15)23(21,22)18-3/h4-10,18H,11H2,1-3H3,(H,19,20). The summed E-state index contributed by atoms with van der Waals surface area (Å²) in [5.74, 6) is 0.284. The van der Waals surface area contributed by atoms with Crippen LogP contribution in [0.15, 0.2) is 47.5 Å². The topological polar surface area (TPSA) is 71.1 Å². The smallest absolute Gasteiger partial charge is 0.241 e. The number of hydrogen-bond acceptors (Lipinski definition) is 4. The van der Waals surface area contributed by atoms with Crippen molar-refractivity contribution < 1.29 is 12.8 Å². The molecule has 0 aliphatic rings. The molecule has 0 amide bonds. The fraction of sp³-hybridized carbons (Fsp3) is 0.312. The zero-order valence-electron chi connectivity index (χ0n) is 13.3. The summed E-state index contributed by atoms with van der Waals surface area (Å²) in [6.45, 7) is 4.32. The third-order valence-corrected chi connectivity index (χ3v) is 5.03. The van der Waals surface area contributed by atoms with E-state index in [0.717, 1.165) is 0 Å². The van der Waals surface area contributed by atoms with E-state index in [-0.39, 0.29) is 10.7 Å². The fourth-order valence-electron chi connectivity index (χ4n) is 2.18. The van der Waals surface area contributed by atoms with E-state index in [4.69, 9.17) is 0 Å².